The molecule has 0 saturated heterocycles. The zero-order chi connectivity index (χ0) is 28.2. The van der Waals surface area contributed by atoms with E-state index in [9.17, 15) is 18.0 Å². The van der Waals surface area contributed by atoms with E-state index in [1.165, 1.54) is 17.7 Å². The van der Waals surface area contributed by atoms with Crippen LogP contribution in [0.25, 0.3) is 10.9 Å². The smallest absolute Gasteiger partial charge is 0.406 e. The first kappa shape index (κ1) is 28.2. The average molecular weight is 541 g/mol. The number of methoxy groups -OCH3 is 1. The van der Waals surface area contributed by atoms with Crippen LogP contribution in [0.15, 0.2) is 42.5 Å². The van der Waals surface area contributed by atoms with E-state index in [2.05, 4.69) is 36.3 Å². The Labute approximate surface area is 227 Å². The maximum absolute atomic E-state index is 13.5. The second-order valence-corrected chi connectivity index (χ2v) is 10.4. The van der Waals surface area contributed by atoms with Gasteiger partial charge in [0.2, 0.25) is 5.91 Å². The number of hydrogen-bond donors (Lipinski definition) is 3. The van der Waals surface area contributed by atoms with Crippen LogP contribution in [-0.4, -0.2) is 36.3 Å². The number of nitrogens with zero attached hydrogens (tertiary/aromatic N) is 1. The molecule has 0 atom stereocenters. The topological polar surface area (TPSA) is 81.3 Å². The van der Waals surface area contributed by atoms with Crippen molar-refractivity contribution in [3.63, 3.8) is 0 Å². The predicted molar refractivity (Wildman–Crippen MR) is 149 cm³/mol. The normalized spacial score (nSPS) is 17.5. The molecule has 1 amide bonds. The van der Waals surface area contributed by atoms with Gasteiger partial charge >= 0.3 is 6.18 Å². The molecule has 0 aliphatic heterocycles. The molecule has 3 aromatic rings. The maximum atomic E-state index is 13.5. The van der Waals surface area contributed by atoms with Crippen molar-refractivity contribution in [2.75, 3.05) is 24.3 Å². The number of amides is 1. The van der Waals surface area contributed by atoms with Crippen LogP contribution in [0.3, 0.4) is 0 Å². The minimum atomic E-state index is -4.39. The molecule has 1 heterocycles. The molecule has 1 fully saturated rings. The van der Waals surface area contributed by atoms with Crippen molar-refractivity contribution in [3.8, 4) is 17.6 Å². The average Bonchev–Trinajstić information content (AvgIpc) is 3.23. The fourth-order valence-corrected chi connectivity index (χ4v) is 5.28. The zero-order valence-corrected chi connectivity index (χ0v) is 22.5. The standard InChI is InChI=1S/C30H35F3N4O2/c1-19(2)20-9-12-22(13-10-20)36-25-7-4-8-27-24(25)17-23(37(27)18-30(31,32)33)6-5-15-35-26-14-11-21(29(34)38)16-28(26)39-3/h4,7-8,11,14,16-17,19-20,22,35-36H,9-10,12-13,15,18H2,1-3H3,(H2,34,38). The summed E-state index contributed by atoms with van der Waals surface area (Å²) in [6.45, 7) is 3.55. The lowest BCUT2D eigenvalue weighted by Crippen LogP contribution is -2.27. The second-order valence-electron chi connectivity index (χ2n) is 10.4. The number of primary amides is 1. The summed E-state index contributed by atoms with van der Waals surface area (Å²) in [6, 6.07) is 12.2. The molecule has 4 rings (SSSR count). The highest BCUT2D eigenvalue weighted by Crippen LogP contribution is 2.34. The van der Waals surface area contributed by atoms with Gasteiger partial charge in [0.05, 0.1) is 30.6 Å². The summed E-state index contributed by atoms with van der Waals surface area (Å²) in [5.74, 6) is 7.07. The molecule has 0 radical (unpaired) electrons. The number of nitrogens with one attached hydrogen (secondary N) is 2. The van der Waals surface area contributed by atoms with Crippen LogP contribution < -0.4 is 21.1 Å². The van der Waals surface area contributed by atoms with Crippen molar-refractivity contribution in [2.24, 2.45) is 17.6 Å². The zero-order valence-electron chi connectivity index (χ0n) is 22.5. The van der Waals surface area contributed by atoms with E-state index in [1.54, 1.807) is 30.3 Å². The molecule has 0 spiro atoms. The van der Waals surface area contributed by atoms with Gasteiger partial charge in [-0.2, -0.15) is 13.2 Å². The van der Waals surface area contributed by atoms with Gasteiger partial charge < -0.3 is 25.7 Å². The van der Waals surface area contributed by atoms with E-state index in [0.717, 1.165) is 42.7 Å². The number of aromatic nitrogens is 1. The van der Waals surface area contributed by atoms with Crippen molar-refractivity contribution in [2.45, 2.75) is 58.3 Å². The van der Waals surface area contributed by atoms with Gasteiger partial charge in [-0.3, -0.25) is 4.79 Å². The quantitative estimate of drug-likeness (QED) is 0.289. The van der Waals surface area contributed by atoms with Crippen molar-refractivity contribution < 1.29 is 22.7 Å². The van der Waals surface area contributed by atoms with E-state index < -0.39 is 18.6 Å². The van der Waals surface area contributed by atoms with Crippen molar-refractivity contribution in [1.29, 1.82) is 0 Å². The first-order valence-electron chi connectivity index (χ1n) is 13.2. The highest BCUT2D eigenvalue weighted by Gasteiger charge is 2.30. The molecule has 0 unspecified atom stereocenters. The largest absolute Gasteiger partial charge is 0.495 e. The maximum Gasteiger partial charge on any atom is 0.406 e. The molecule has 0 bridgehead atoms. The van der Waals surface area contributed by atoms with Gasteiger partial charge in [-0.15, -0.1) is 0 Å². The molecular weight excluding hydrogens is 505 g/mol. The molecule has 1 aliphatic rings. The summed E-state index contributed by atoms with van der Waals surface area (Å²) in [6.07, 6.45) is 0.00454. The van der Waals surface area contributed by atoms with Gasteiger partial charge in [0, 0.05) is 22.7 Å². The molecule has 4 N–H and O–H groups in total. The molecule has 9 heteroatoms. The van der Waals surface area contributed by atoms with E-state index in [0.29, 0.717) is 34.5 Å². The van der Waals surface area contributed by atoms with Gasteiger partial charge in [0.25, 0.3) is 0 Å². The summed E-state index contributed by atoms with van der Waals surface area (Å²) < 4.78 is 47.2. The number of hydrogen-bond acceptors (Lipinski definition) is 4. The Morgan fingerprint density at radius 1 is 1.13 bits per heavy atom. The Kier molecular flexibility index (Phi) is 8.63. The number of carbonyl (C=O) groups is 1. The third-order valence-electron chi connectivity index (χ3n) is 7.43. The highest BCUT2D eigenvalue weighted by molar-refractivity contribution is 5.94. The van der Waals surface area contributed by atoms with Crippen molar-refractivity contribution in [3.05, 3.63) is 53.7 Å². The van der Waals surface area contributed by atoms with Crippen LogP contribution in [0.1, 0.15) is 55.6 Å². The van der Waals surface area contributed by atoms with Gasteiger partial charge in [-0.25, -0.2) is 0 Å². The third kappa shape index (κ3) is 6.99. The predicted octanol–water partition coefficient (Wildman–Crippen LogP) is 6.40. The van der Waals surface area contributed by atoms with Gasteiger partial charge in [0.1, 0.15) is 12.3 Å². The first-order valence-corrected chi connectivity index (χ1v) is 13.2. The number of rotatable bonds is 8. The number of alkyl halides is 3. The number of halogens is 3. The summed E-state index contributed by atoms with van der Waals surface area (Å²) in [7, 11) is 1.47. The third-order valence-corrected chi connectivity index (χ3v) is 7.43. The van der Waals surface area contributed by atoms with Crippen molar-refractivity contribution >= 4 is 28.2 Å². The highest BCUT2D eigenvalue weighted by atomic mass is 19.4. The molecule has 1 aliphatic carbocycles. The molecule has 1 aromatic heterocycles. The Bertz CT molecular complexity index is 1380. The molecular formula is C30H35F3N4O2. The van der Waals surface area contributed by atoms with Crippen molar-refractivity contribution in [1.82, 2.24) is 4.57 Å². The fourth-order valence-electron chi connectivity index (χ4n) is 5.28. The molecule has 1 saturated carbocycles. The lowest BCUT2D eigenvalue weighted by molar-refractivity contribution is -0.140. The number of ether oxygens (including phenoxy) is 1. The van der Waals surface area contributed by atoms with Crippen LogP contribution in [0.2, 0.25) is 0 Å². The van der Waals surface area contributed by atoms with E-state index in [4.69, 9.17) is 10.5 Å². The van der Waals surface area contributed by atoms with E-state index >= 15 is 0 Å². The Morgan fingerprint density at radius 3 is 2.51 bits per heavy atom. The molecule has 208 valence electrons. The minimum Gasteiger partial charge on any atom is -0.495 e. The molecule has 6 nitrogen and oxygen atoms in total. The van der Waals surface area contributed by atoms with Crippen LogP contribution in [0.5, 0.6) is 5.75 Å². The fraction of sp³-hybridized carbons (Fsp3) is 0.433. The Morgan fingerprint density at radius 2 is 1.87 bits per heavy atom. The van der Waals surface area contributed by atoms with Gasteiger partial charge in [-0.05, 0) is 79.8 Å². The summed E-state index contributed by atoms with van der Waals surface area (Å²) in [4.78, 5) is 11.4. The molecule has 2 aromatic carbocycles. The number of anilines is 2. The number of fused-ring (bicyclic) bond motifs is 1. The lowest BCUT2D eigenvalue weighted by atomic mass is 9.79. The van der Waals surface area contributed by atoms with Gasteiger partial charge in [-0.1, -0.05) is 25.8 Å². The van der Waals surface area contributed by atoms with Crippen LogP contribution in [0.4, 0.5) is 24.5 Å². The Hall–Kier alpha value is -3.80. The lowest BCUT2D eigenvalue weighted by Gasteiger charge is -2.32. The summed E-state index contributed by atoms with van der Waals surface area (Å²) in [5.41, 5.74) is 7.83. The van der Waals surface area contributed by atoms with E-state index in [1.807, 2.05) is 6.07 Å². The number of nitrogens with two attached hydrogens (primary N) is 1. The van der Waals surface area contributed by atoms with Crippen LogP contribution in [0, 0.1) is 23.7 Å². The molecule has 39 heavy (non-hydrogen) atoms. The second kappa shape index (κ2) is 11.9. The first-order chi connectivity index (χ1) is 18.6. The summed E-state index contributed by atoms with van der Waals surface area (Å²) >= 11 is 0. The van der Waals surface area contributed by atoms with Crippen LogP contribution in [-0.2, 0) is 6.54 Å². The van der Waals surface area contributed by atoms with Crippen LogP contribution >= 0.6 is 0 Å². The Balaban J connectivity index is 1.56. The van der Waals surface area contributed by atoms with Gasteiger partial charge in [0.15, 0.2) is 0 Å². The monoisotopic (exact) mass is 540 g/mol. The minimum absolute atomic E-state index is 0.157. The number of benzene rings is 2. The summed E-state index contributed by atoms with van der Waals surface area (Å²) in [5, 5.41) is 7.41. The number of carbonyl (C=O) groups excluding carboxylic acids is 1. The SMILES string of the molecule is COc1cc(C(N)=O)ccc1NCC#Cc1cc2c(NC3CCC(C(C)C)CC3)cccc2n1CC(F)(F)F. The van der Waals surface area contributed by atoms with E-state index in [-0.39, 0.29) is 12.2 Å².